The minimum atomic E-state index is 0.934. The van der Waals surface area contributed by atoms with Crippen LogP contribution in [0.25, 0.3) is 119 Å². The first-order chi connectivity index (χ1) is 26.8. The molecular weight excluding hydrogens is 673 g/mol. The number of fused-ring (bicyclic) bond motifs is 11. The van der Waals surface area contributed by atoms with Crippen LogP contribution in [0.4, 0.5) is 0 Å². The average Bonchev–Trinajstić information content (AvgIpc) is 3.80. The highest BCUT2D eigenvalue weighted by Crippen LogP contribution is 2.48. The summed E-state index contributed by atoms with van der Waals surface area (Å²) in [6.45, 7) is 0. The highest BCUT2D eigenvalue weighted by molar-refractivity contribution is 7.26. The van der Waals surface area contributed by atoms with Crippen LogP contribution < -0.4 is 0 Å². The van der Waals surface area contributed by atoms with Crippen LogP contribution in [0.5, 0.6) is 0 Å². The summed E-state index contributed by atoms with van der Waals surface area (Å²) in [6, 6.07) is 66.6. The lowest BCUT2D eigenvalue weighted by Crippen LogP contribution is -1.91. The van der Waals surface area contributed by atoms with E-state index in [1.165, 1.54) is 96.3 Å². The number of benzene rings is 10. The van der Waals surface area contributed by atoms with Gasteiger partial charge in [-0.1, -0.05) is 146 Å². The van der Waals surface area contributed by atoms with E-state index in [1.54, 1.807) is 0 Å². The minimum Gasteiger partial charge on any atom is -0.455 e. The van der Waals surface area contributed by atoms with E-state index >= 15 is 0 Å². The fourth-order valence-electron chi connectivity index (χ4n) is 9.04. The van der Waals surface area contributed by atoms with Crippen LogP contribution in [0, 0.1) is 0 Å². The lowest BCUT2D eigenvalue weighted by atomic mass is 9.85. The van der Waals surface area contributed by atoms with E-state index in [-0.39, 0.29) is 0 Å². The smallest absolute Gasteiger partial charge is 0.143 e. The van der Waals surface area contributed by atoms with E-state index in [0.717, 1.165) is 22.3 Å². The molecule has 0 saturated carbocycles. The van der Waals surface area contributed by atoms with Crippen molar-refractivity contribution < 1.29 is 4.42 Å². The second-order valence-electron chi connectivity index (χ2n) is 14.3. The molecule has 0 radical (unpaired) electrons. The molecule has 0 aliphatic rings. The summed E-state index contributed by atoms with van der Waals surface area (Å²) in [5.41, 5.74) is 9.21. The molecule has 2 heteroatoms. The molecule has 0 saturated heterocycles. The normalized spacial score (nSPS) is 12.1. The van der Waals surface area contributed by atoms with Crippen molar-refractivity contribution in [2.24, 2.45) is 0 Å². The second-order valence-corrected chi connectivity index (χ2v) is 15.4. The molecule has 0 bridgehead atoms. The molecule has 0 aliphatic carbocycles. The van der Waals surface area contributed by atoms with E-state index in [4.69, 9.17) is 4.42 Å². The van der Waals surface area contributed by atoms with E-state index < -0.39 is 0 Å². The summed E-state index contributed by atoms with van der Waals surface area (Å²) in [5.74, 6) is 0. The Bertz CT molecular complexity index is 3440. The zero-order valence-electron chi connectivity index (χ0n) is 29.1. The van der Waals surface area contributed by atoms with Crippen molar-refractivity contribution in [1.29, 1.82) is 0 Å². The monoisotopic (exact) mass is 702 g/mol. The molecule has 250 valence electrons. The van der Waals surface area contributed by atoms with Crippen molar-refractivity contribution in [3.63, 3.8) is 0 Å². The lowest BCUT2D eigenvalue weighted by Gasteiger charge is -2.18. The van der Waals surface area contributed by atoms with Gasteiger partial charge in [-0.3, -0.25) is 0 Å². The van der Waals surface area contributed by atoms with Crippen LogP contribution in [0.3, 0.4) is 0 Å². The van der Waals surface area contributed by atoms with Crippen molar-refractivity contribution in [2.75, 3.05) is 0 Å². The van der Waals surface area contributed by atoms with Gasteiger partial charge in [0.15, 0.2) is 0 Å². The van der Waals surface area contributed by atoms with E-state index in [1.807, 2.05) is 11.3 Å². The summed E-state index contributed by atoms with van der Waals surface area (Å²) in [5, 5.41) is 14.9. The van der Waals surface area contributed by atoms with Gasteiger partial charge in [0.05, 0.1) is 0 Å². The van der Waals surface area contributed by atoms with Crippen molar-refractivity contribution in [2.45, 2.75) is 0 Å². The van der Waals surface area contributed by atoms with Crippen molar-refractivity contribution in [3.05, 3.63) is 182 Å². The van der Waals surface area contributed by atoms with Gasteiger partial charge >= 0.3 is 0 Å². The highest BCUT2D eigenvalue weighted by Gasteiger charge is 2.21. The van der Waals surface area contributed by atoms with Crippen molar-refractivity contribution >= 4 is 96.5 Å². The number of hydrogen-bond donors (Lipinski definition) is 0. The van der Waals surface area contributed by atoms with Crippen LogP contribution in [-0.2, 0) is 0 Å². The van der Waals surface area contributed by atoms with Crippen LogP contribution in [0.1, 0.15) is 0 Å². The van der Waals surface area contributed by atoms with Gasteiger partial charge in [0, 0.05) is 36.5 Å². The Morgan fingerprint density at radius 2 is 0.889 bits per heavy atom. The zero-order chi connectivity index (χ0) is 35.3. The third-order valence-electron chi connectivity index (χ3n) is 11.4. The molecule has 0 amide bonds. The summed E-state index contributed by atoms with van der Waals surface area (Å²) in [7, 11) is 0. The maximum Gasteiger partial charge on any atom is 0.143 e. The Morgan fingerprint density at radius 3 is 1.57 bits per heavy atom. The molecule has 2 aromatic heterocycles. The van der Waals surface area contributed by atoms with E-state index in [9.17, 15) is 0 Å². The summed E-state index contributed by atoms with van der Waals surface area (Å²) >= 11 is 1.86. The molecule has 0 fully saturated rings. The fraction of sp³-hybridized carbons (Fsp3) is 0. The first kappa shape index (κ1) is 29.8. The summed E-state index contributed by atoms with van der Waals surface area (Å²) in [4.78, 5) is 0. The van der Waals surface area contributed by atoms with Gasteiger partial charge in [0.25, 0.3) is 0 Å². The molecule has 12 aromatic rings. The molecule has 1 nitrogen and oxygen atoms in total. The molecule has 0 atom stereocenters. The first-order valence-electron chi connectivity index (χ1n) is 18.5. The Balaban J connectivity index is 1.08. The van der Waals surface area contributed by atoms with E-state index in [0.29, 0.717) is 0 Å². The molecular formula is C52H30OS. The number of furan rings is 1. The van der Waals surface area contributed by atoms with Gasteiger partial charge in [-0.05, 0) is 107 Å². The second kappa shape index (κ2) is 11.4. The lowest BCUT2D eigenvalue weighted by molar-refractivity contribution is 0.671. The SMILES string of the molecule is c1ccc(-c2c3ccccc3c(-c3ccc4cc(-c5c6ccccc6cc6c5oc5ccc7c8ccccc8sc7c56)ccc4c3)c3ccccc23)cc1. The topological polar surface area (TPSA) is 13.1 Å². The Morgan fingerprint density at radius 1 is 0.333 bits per heavy atom. The molecule has 0 N–H and O–H groups in total. The molecule has 0 aliphatic heterocycles. The Kier molecular flexibility index (Phi) is 6.28. The summed E-state index contributed by atoms with van der Waals surface area (Å²) < 4.78 is 9.46. The van der Waals surface area contributed by atoms with Crippen LogP contribution in [0.2, 0.25) is 0 Å². The Hall–Kier alpha value is -6.74. The highest BCUT2D eigenvalue weighted by atomic mass is 32.1. The fourth-order valence-corrected chi connectivity index (χ4v) is 10.3. The van der Waals surface area contributed by atoms with Gasteiger partial charge in [0.1, 0.15) is 11.2 Å². The molecule has 0 unspecified atom stereocenters. The van der Waals surface area contributed by atoms with Crippen molar-refractivity contribution in [3.8, 4) is 33.4 Å². The third kappa shape index (κ3) is 4.26. The van der Waals surface area contributed by atoms with Gasteiger partial charge in [-0.2, -0.15) is 0 Å². The quantitative estimate of drug-likeness (QED) is 0.167. The van der Waals surface area contributed by atoms with Gasteiger partial charge < -0.3 is 4.42 Å². The number of thiophene rings is 1. The molecule has 2 heterocycles. The zero-order valence-corrected chi connectivity index (χ0v) is 30.0. The van der Waals surface area contributed by atoms with Crippen LogP contribution in [0.15, 0.2) is 186 Å². The van der Waals surface area contributed by atoms with Crippen molar-refractivity contribution in [1.82, 2.24) is 0 Å². The predicted molar refractivity (Wildman–Crippen MR) is 233 cm³/mol. The Labute approximate surface area is 314 Å². The van der Waals surface area contributed by atoms with Crippen LogP contribution >= 0.6 is 11.3 Å². The first-order valence-corrected chi connectivity index (χ1v) is 19.3. The average molecular weight is 703 g/mol. The maximum absolute atomic E-state index is 6.87. The van der Waals surface area contributed by atoms with Gasteiger partial charge in [0.2, 0.25) is 0 Å². The van der Waals surface area contributed by atoms with Crippen LogP contribution in [-0.4, -0.2) is 0 Å². The number of hydrogen-bond acceptors (Lipinski definition) is 2. The predicted octanol–water partition coefficient (Wildman–Crippen LogP) is 15.6. The van der Waals surface area contributed by atoms with Gasteiger partial charge in [-0.25, -0.2) is 0 Å². The van der Waals surface area contributed by atoms with E-state index in [2.05, 4.69) is 182 Å². The standard InChI is InChI=1S/C52H30OS/c1-2-12-31(13-3-1)47-39-17-6-8-19-41(39)48(42-20-9-7-18-40(42)47)35-24-22-33-29-36(25-23-32(33)28-35)49-37-15-5-4-14-34(37)30-44-50-45(53-51(44)49)27-26-43-38-16-10-11-21-46(38)54-52(43)50/h1-30H. The molecule has 0 spiro atoms. The molecule has 54 heavy (non-hydrogen) atoms. The minimum absolute atomic E-state index is 0.934. The summed E-state index contributed by atoms with van der Waals surface area (Å²) in [6.07, 6.45) is 0. The molecule has 12 rings (SSSR count). The number of rotatable bonds is 3. The maximum atomic E-state index is 6.87. The third-order valence-corrected chi connectivity index (χ3v) is 12.6. The molecule has 10 aromatic carbocycles. The van der Waals surface area contributed by atoms with Gasteiger partial charge in [-0.15, -0.1) is 11.3 Å². The largest absolute Gasteiger partial charge is 0.455 e.